The van der Waals surface area contributed by atoms with Crippen LogP contribution in [0, 0.1) is 13.8 Å². The van der Waals surface area contributed by atoms with E-state index in [4.69, 9.17) is 5.73 Å². The molecule has 0 aliphatic carbocycles. The second kappa shape index (κ2) is 6.62. The van der Waals surface area contributed by atoms with Crippen LogP contribution in [0.2, 0.25) is 0 Å². The van der Waals surface area contributed by atoms with Crippen LogP contribution in [0.5, 0.6) is 0 Å². The summed E-state index contributed by atoms with van der Waals surface area (Å²) in [6, 6.07) is 10.6. The molecule has 6 heteroatoms. The number of carbonyl (C=O) groups is 2. The predicted octanol–water partition coefficient (Wildman–Crippen LogP) is 3.23. The summed E-state index contributed by atoms with van der Waals surface area (Å²) in [7, 11) is 0. The van der Waals surface area contributed by atoms with E-state index in [-0.39, 0.29) is 0 Å². The zero-order valence-corrected chi connectivity index (χ0v) is 13.8. The summed E-state index contributed by atoms with van der Waals surface area (Å²) >= 11 is 3.35. The molecule has 0 saturated carbocycles. The van der Waals surface area contributed by atoms with E-state index in [1.165, 1.54) is 0 Å². The number of amides is 2. The van der Waals surface area contributed by atoms with Gasteiger partial charge in [-0.25, -0.2) is 0 Å². The third kappa shape index (κ3) is 3.85. The highest BCUT2D eigenvalue weighted by Crippen LogP contribution is 2.23. The van der Waals surface area contributed by atoms with E-state index < -0.39 is 11.8 Å². The molecule has 2 rings (SSSR count). The molecular weight excluding hydrogens is 346 g/mol. The summed E-state index contributed by atoms with van der Waals surface area (Å²) in [4.78, 5) is 23.9. The van der Waals surface area contributed by atoms with E-state index in [0.717, 1.165) is 11.1 Å². The van der Waals surface area contributed by atoms with Crippen LogP contribution in [0.3, 0.4) is 0 Å². The van der Waals surface area contributed by atoms with Crippen molar-refractivity contribution in [1.29, 1.82) is 0 Å². The zero-order chi connectivity index (χ0) is 16.3. The van der Waals surface area contributed by atoms with E-state index in [9.17, 15) is 9.59 Å². The number of benzene rings is 2. The highest BCUT2D eigenvalue weighted by atomic mass is 79.9. The largest absolute Gasteiger partial charge is 0.397 e. The smallest absolute Gasteiger partial charge is 0.314 e. The molecule has 114 valence electrons. The van der Waals surface area contributed by atoms with E-state index in [1.807, 2.05) is 32.0 Å². The Morgan fingerprint density at radius 2 is 1.45 bits per heavy atom. The molecule has 5 nitrogen and oxygen atoms in total. The lowest BCUT2D eigenvalue weighted by Gasteiger charge is -2.10. The minimum absolute atomic E-state index is 0.406. The number of halogens is 1. The van der Waals surface area contributed by atoms with Crippen LogP contribution < -0.4 is 16.4 Å². The lowest BCUT2D eigenvalue weighted by molar-refractivity contribution is -0.132. The molecular formula is C16H16BrN3O2. The molecule has 4 N–H and O–H groups in total. The summed E-state index contributed by atoms with van der Waals surface area (Å²) < 4.78 is 0.712. The third-order valence-electron chi connectivity index (χ3n) is 3.04. The van der Waals surface area contributed by atoms with Gasteiger partial charge in [-0.1, -0.05) is 12.1 Å². The molecule has 0 heterocycles. The number of nitrogen functional groups attached to an aromatic ring is 1. The van der Waals surface area contributed by atoms with E-state index in [2.05, 4.69) is 26.6 Å². The summed E-state index contributed by atoms with van der Waals surface area (Å²) in [5.74, 6) is -1.53. The first-order chi connectivity index (χ1) is 10.4. The minimum Gasteiger partial charge on any atom is -0.397 e. The maximum absolute atomic E-state index is 12.0. The van der Waals surface area contributed by atoms with Gasteiger partial charge in [0.1, 0.15) is 0 Å². The van der Waals surface area contributed by atoms with Crippen molar-refractivity contribution >= 4 is 44.8 Å². The highest BCUT2D eigenvalue weighted by molar-refractivity contribution is 9.10. The fourth-order valence-corrected chi connectivity index (χ4v) is 2.45. The fraction of sp³-hybridized carbons (Fsp3) is 0.125. The Hall–Kier alpha value is -2.34. The molecule has 2 amide bonds. The monoisotopic (exact) mass is 361 g/mol. The first-order valence-corrected chi connectivity index (χ1v) is 7.40. The minimum atomic E-state index is -0.773. The maximum atomic E-state index is 12.0. The molecule has 0 aliphatic heterocycles. The van der Waals surface area contributed by atoms with Crippen molar-refractivity contribution in [3.63, 3.8) is 0 Å². The van der Waals surface area contributed by atoms with Gasteiger partial charge in [-0.15, -0.1) is 0 Å². The maximum Gasteiger partial charge on any atom is 0.314 e. The molecule has 0 spiro atoms. The van der Waals surface area contributed by atoms with Gasteiger partial charge in [-0.3, -0.25) is 9.59 Å². The van der Waals surface area contributed by atoms with Crippen molar-refractivity contribution in [2.24, 2.45) is 0 Å². The van der Waals surface area contributed by atoms with Gasteiger partial charge >= 0.3 is 11.8 Å². The van der Waals surface area contributed by atoms with E-state index in [1.54, 1.807) is 18.2 Å². The van der Waals surface area contributed by atoms with Gasteiger partial charge in [0.25, 0.3) is 0 Å². The van der Waals surface area contributed by atoms with Gasteiger partial charge < -0.3 is 16.4 Å². The van der Waals surface area contributed by atoms with Crippen LogP contribution in [-0.4, -0.2) is 11.8 Å². The molecule has 0 unspecified atom stereocenters. The number of aryl methyl sites for hydroxylation is 2. The molecule has 0 bridgehead atoms. The first kappa shape index (κ1) is 16.0. The second-order valence-corrected chi connectivity index (χ2v) is 5.84. The second-order valence-electron chi connectivity index (χ2n) is 4.98. The Bertz CT molecular complexity index is 744. The fourth-order valence-electron chi connectivity index (χ4n) is 1.86. The molecule has 2 aromatic carbocycles. The Balaban J connectivity index is 2.09. The molecule has 22 heavy (non-hydrogen) atoms. The molecule has 0 aromatic heterocycles. The number of nitrogens with two attached hydrogens (primary N) is 1. The lowest BCUT2D eigenvalue weighted by Crippen LogP contribution is -2.29. The average molecular weight is 362 g/mol. The van der Waals surface area contributed by atoms with Crippen molar-refractivity contribution in [1.82, 2.24) is 0 Å². The Labute approximate surface area is 137 Å². The van der Waals surface area contributed by atoms with Gasteiger partial charge in [0.15, 0.2) is 0 Å². The summed E-state index contributed by atoms with van der Waals surface area (Å²) in [6.07, 6.45) is 0. The predicted molar refractivity (Wildman–Crippen MR) is 91.7 cm³/mol. The van der Waals surface area contributed by atoms with E-state index in [0.29, 0.717) is 21.5 Å². The van der Waals surface area contributed by atoms with Gasteiger partial charge in [0.05, 0.1) is 17.1 Å². The van der Waals surface area contributed by atoms with Crippen LogP contribution in [0.15, 0.2) is 40.9 Å². The van der Waals surface area contributed by atoms with Crippen LogP contribution in [0.1, 0.15) is 11.1 Å². The molecule has 0 aliphatic rings. The Morgan fingerprint density at radius 1 is 0.909 bits per heavy atom. The SMILES string of the molecule is Cc1ccc(NC(=O)C(=O)Nc2cc(C)ccc2N)c(Br)c1. The summed E-state index contributed by atoms with van der Waals surface area (Å²) in [5, 5.41) is 5.06. The Morgan fingerprint density at radius 3 is 2.09 bits per heavy atom. The van der Waals surface area contributed by atoms with Gasteiger partial charge in [-0.05, 0) is 65.2 Å². The molecule has 0 fully saturated rings. The number of hydrogen-bond acceptors (Lipinski definition) is 3. The molecule has 0 atom stereocenters. The first-order valence-electron chi connectivity index (χ1n) is 6.61. The van der Waals surface area contributed by atoms with Crippen LogP contribution in [0.25, 0.3) is 0 Å². The average Bonchev–Trinajstić information content (AvgIpc) is 2.45. The number of hydrogen-bond donors (Lipinski definition) is 3. The van der Waals surface area contributed by atoms with E-state index >= 15 is 0 Å². The highest BCUT2D eigenvalue weighted by Gasteiger charge is 2.16. The van der Waals surface area contributed by atoms with Crippen LogP contribution in [0.4, 0.5) is 17.1 Å². The quantitative estimate of drug-likeness (QED) is 0.567. The van der Waals surface area contributed by atoms with Gasteiger partial charge in [0.2, 0.25) is 0 Å². The van der Waals surface area contributed by atoms with Crippen molar-refractivity contribution in [3.05, 3.63) is 52.0 Å². The number of rotatable bonds is 2. The molecule has 0 radical (unpaired) electrons. The van der Waals surface area contributed by atoms with Gasteiger partial charge in [0, 0.05) is 4.47 Å². The standard InChI is InChI=1S/C16H16BrN3O2/c1-9-4-6-13(11(17)7-9)19-15(21)16(22)20-14-8-10(2)3-5-12(14)18/h3-8H,18H2,1-2H3,(H,19,21)(H,20,22). The summed E-state index contributed by atoms with van der Waals surface area (Å²) in [5.41, 5.74) is 9.11. The molecule has 2 aromatic rings. The third-order valence-corrected chi connectivity index (χ3v) is 3.69. The van der Waals surface area contributed by atoms with Crippen molar-refractivity contribution in [2.45, 2.75) is 13.8 Å². The normalized spacial score (nSPS) is 10.1. The van der Waals surface area contributed by atoms with Crippen molar-refractivity contribution in [3.8, 4) is 0 Å². The van der Waals surface area contributed by atoms with Crippen molar-refractivity contribution in [2.75, 3.05) is 16.4 Å². The van der Waals surface area contributed by atoms with Crippen LogP contribution >= 0.6 is 15.9 Å². The Kier molecular flexibility index (Phi) is 4.82. The number of carbonyl (C=O) groups excluding carboxylic acids is 2. The number of nitrogens with one attached hydrogen (secondary N) is 2. The topological polar surface area (TPSA) is 84.2 Å². The molecule has 0 saturated heterocycles. The van der Waals surface area contributed by atoms with Crippen molar-refractivity contribution < 1.29 is 9.59 Å². The lowest BCUT2D eigenvalue weighted by atomic mass is 10.2. The van der Waals surface area contributed by atoms with Crippen LogP contribution in [-0.2, 0) is 9.59 Å². The summed E-state index contributed by atoms with van der Waals surface area (Å²) in [6.45, 7) is 3.81. The number of anilines is 3. The van der Waals surface area contributed by atoms with Gasteiger partial charge in [-0.2, -0.15) is 0 Å². The zero-order valence-electron chi connectivity index (χ0n) is 12.2.